The van der Waals surface area contributed by atoms with Crippen LogP contribution in [0.3, 0.4) is 0 Å². The van der Waals surface area contributed by atoms with Gasteiger partial charge in [-0.2, -0.15) is 0 Å². The van der Waals surface area contributed by atoms with Gasteiger partial charge in [-0.1, -0.05) is 34.8 Å². The number of piperazine rings is 1. The molecule has 9 heteroatoms. The minimum atomic E-state index is -0.413. The van der Waals surface area contributed by atoms with E-state index in [4.69, 9.17) is 34.8 Å². The van der Waals surface area contributed by atoms with Crippen molar-refractivity contribution in [3.63, 3.8) is 0 Å². The van der Waals surface area contributed by atoms with Gasteiger partial charge in [0, 0.05) is 37.4 Å². The van der Waals surface area contributed by atoms with Gasteiger partial charge in [-0.15, -0.1) is 0 Å². The summed E-state index contributed by atoms with van der Waals surface area (Å²) in [4.78, 5) is 32.6. The molecule has 0 aliphatic carbocycles. The molecule has 3 rings (SSSR count). The summed E-state index contributed by atoms with van der Waals surface area (Å²) >= 11 is 18.0. The molecule has 2 amide bonds. The SMILES string of the molecule is O=C(NCC(=O)N1CCN(c2ncccc2Cl)CC1)c1ccc(Cl)cc1Cl. The highest BCUT2D eigenvalue weighted by molar-refractivity contribution is 6.36. The van der Waals surface area contributed by atoms with Crippen LogP contribution in [0, 0.1) is 0 Å². The third kappa shape index (κ3) is 4.83. The molecule has 27 heavy (non-hydrogen) atoms. The Bertz CT molecular complexity index is 854. The van der Waals surface area contributed by atoms with E-state index in [2.05, 4.69) is 10.3 Å². The predicted octanol–water partition coefficient (Wildman–Crippen LogP) is 3.12. The highest BCUT2D eigenvalue weighted by Gasteiger charge is 2.23. The Kier molecular flexibility index (Phi) is 6.42. The number of hydrogen-bond acceptors (Lipinski definition) is 4. The number of carbonyl (C=O) groups excluding carboxylic acids is 2. The number of carbonyl (C=O) groups is 2. The maximum Gasteiger partial charge on any atom is 0.253 e. The van der Waals surface area contributed by atoms with Crippen molar-refractivity contribution >= 4 is 52.4 Å². The topological polar surface area (TPSA) is 65.5 Å². The summed E-state index contributed by atoms with van der Waals surface area (Å²) in [6, 6.07) is 8.16. The lowest BCUT2D eigenvalue weighted by atomic mass is 10.2. The van der Waals surface area contributed by atoms with Gasteiger partial charge in [0.15, 0.2) is 0 Å². The molecule has 0 saturated carbocycles. The second-order valence-electron chi connectivity index (χ2n) is 5.98. The molecule has 1 N–H and O–H groups in total. The predicted molar refractivity (Wildman–Crippen MR) is 107 cm³/mol. The number of nitrogens with zero attached hydrogens (tertiary/aromatic N) is 3. The van der Waals surface area contributed by atoms with E-state index >= 15 is 0 Å². The first kappa shape index (κ1) is 19.7. The number of benzene rings is 1. The molecule has 0 spiro atoms. The lowest BCUT2D eigenvalue weighted by Gasteiger charge is -2.35. The summed E-state index contributed by atoms with van der Waals surface area (Å²) in [7, 11) is 0. The van der Waals surface area contributed by atoms with Gasteiger partial charge >= 0.3 is 0 Å². The van der Waals surface area contributed by atoms with Gasteiger partial charge in [-0.3, -0.25) is 9.59 Å². The van der Waals surface area contributed by atoms with Crippen LogP contribution in [0.4, 0.5) is 5.82 Å². The number of aromatic nitrogens is 1. The molecule has 1 saturated heterocycles. The summed E-state index contributed by atoms with van der Waals surface area (Å²) < 4.78 is 0. The molecule has 0 radical (unpaired) electrons. The molecule has 2 heterocycles. The third-order valence-corrected chi connectivity index (χ3v) is 5.09. The number of anilines is 1. The second kappa shape index (κ2) is 8.78. The fourth-order valence-corrected chi connectivity index (χ4v) is 3.55. The van der Waals surface area contributed by atoms with Crippen LogP contribution in [-0.4, -0.2) is 54.4 Å². The zero-order valence-electron chi connectivity index (χ0n) is 14.3. The molecule has 0 atom stereocenters. The first-order valence-corrected chi connectivity index (χ1v) is 9.45. The van der Waals surface area contributed by atoms with Crippen molar-refractivity contribution in [1.29, 1.82) is 0 Å². The van der Waals surface area contributed by atoms with Gasteiger partial charge in [0.2, 0.25) is 5.91 Å². The molecule has 2 aromatic rings. The zero-order valence-corrected chi connectivity index (χ0v) is 16.6. The van der Waals surface area contributed by atoms with Gasteiger partial charge < -0.3 is 15.1 Å². The highest BCUT2D eigenvalue weighted by Crippen LogP contribution is 2.23. The molecule has 0 unspecified atom stereocenters. The van der Waals surface area contributed by atoms with Gasteiger partial charge in [0.25, 0.3) is 5.91 Å². The molecule has 1 aromatic heterocycles. The fraction of sp³-hybridized carbons (Fsp3) is 0.278. The van der Waals surface area contributed by atoms with Crippen LogP contribution in [0.15, 0.2) is 36.5 Å². The summed E-state index contributed by atoms with van der Waals surface area (Å²) in [6.07, 6.45) is 1.69. The van der Waals surface area contributed by atoms with E-state index in [1.165, 1.54) is 12.1 Å². The smallest absolute Gasteiger partial charge is 0.253 e. The van der Waals surface area contributed by atoms with Crippen LogP contribution in [0.2, 0.25) is 15.1 Å². The maximum absolute atomic E-state index is 12.4. The Morgan fingerprint density at radius 2 is 1.78 bits per heavy atom. The summed E-state index contributed by atoms with van der Waals surface area (Å²) in [6.45, 7) is 2.22. The summed E-state index contributed by atoms with van der Waals surface area (Å²) in [5.41, 5.74) is 0.281. The average molecular weight is 428 g/mol. The number of nitrogens with one attached hydrogen (secondary N) is 1. The Hall–Kier alpha value is -2.02. The van der Waals surface area contributed by atoms with Crippen molar-refractivity contribution in [3.05, 3.63) is 57.2 Å². The van der Waals surface area contributed by atoms with E-state index in [-0.39, 0.29) is 23.0 Å². The van der Waals surface area contributed by atoms with Crippen molar-refractivity contribution < 1.29 is 9.59 Å². The lowest BCUT2D eigenvalue weighted by molar-refractivity contribution is -0.130. The molecular formula is C18H17Cl3N4O2. The maximum atomic E-state index is 12.4. The molecule has 1 aliphatic rings. The Morgan fingerprint density at radius 3 is 2.44 bits per heavy atom. The van der Waals surface area contributed by atoms with Crippen molar-refractivity contribution in [2.45, 2.75) is 0 Å². The Labute approximate surface area is 172 Å². The van der Waals surface area contributed by atoms with Crippen molar-refractivity contribution in [2.24, 2.45) is 0 Å². The Balaban J connectivity index is 1.51. The summed E-state index contributed by atoms with van der Waals surface area (Å²) in [5, 5.41) is 3.88. The van der Waals surface area contributed by atoms with Crippen molar-refractivity contribution in [1.82, 2.24) is 15.2 Å². The van der Waals surface area contributed by atoms with E-state index in [1.807, 2.05) is 4.90 Å². The van der Waals surface area contributed by atoms with Crippen LogP contribution in [0.1, 0.15) is 10.4 Å². The van der Waals surface area contributed by atoms with Crippen molar-refractivity contribution in [3.8, 4) is 0 Å². The van der Waals surface area contributed by atoms with Crippen LogP contribution >= 0.6 is 34.8 Å². The largest absolute Gasteiger partial charge is 0.352 e. The highest BCUT2D eigenvalue weighted by atomic mass is 35.5. The minimum Gasteiger partial charge on any atom is -0.352 e. The summed E-state index contributed by atoms with van der Waals surface area (Å²) in [5.74, 6) is 0.154. The number of rotatable bonds is 4. The molecule has 1 aromatic carbocycles. The van der Waals surface area contributed by atoms with E-state index < -0.39 is 5.91 Å². The zero-order chi connectivity index (χ0) is 19.4. The van der Waals surface area contributed by atoms with Crippen LogP contribution < -0.4 is 10.2 Å². The van der Waals surface area contributed by atoms with Crippen LogP contribution in [-0.2, 0) is 4.79 Å². The number of pyridine rings is 1. The van der Waals surface area contributed by atoms with Gasteiger partial charge in [0.1, 0.15) is 5.82 Å². The van der Waals surface area contributed by atoms with Gasteiger partial charge in [-0.25, -0.2) is 4.98 Å². The van der Waals surface area contributed by atoms with Crippen LogP contribution in [0.5, 0.6) is 0 Å². The Morgan fingerprint density at radius 1 is 1.04 bits per heavy atom. The normalized spacial score (nSPS) is 14.2. The first-order valence-electron chi connectivity index (χ1n) is 8.32. The third-order valence-electron chi connectivity index (χ3n) is 4.25. The molecule has 1 aliphatic heterocycles. The molecule has 1 fully saturated rings. The average Bonchev–Trinajstić information content (AvgIpc) is 2.66. The lowest BCUT2D eigenvalue weighted by Crippen LogP contribution is -2.51. The number of amides is 2. The standard InChI is InChI=1S/C18H17Cl3N4O2/c19-12-3-4-13(15(21)10-12)18(27)23-11-16(26)24-6-8-25(9-7-24)17-14(20)2-1-5-22-17/h1-5,10H,6-9,11H2,(H,23,27). The van der Waals surface area contributed by atoms with E-state index in [1.54, 1.807) is 29.3 Å². The minimum absolute atomic E-state index is 0.0951. The first-order chi connectivity index (χ1) is 13.0. The molecule has 0 bridgehead atoms. The van der Waals surface area contributed by atoms with Crippen molar-refractivity contribution in [2.75, 3.05) is 37.6 Å². The van der Waals surface area contributed by atoms with E-state index in [0.29, 0.717) is 36.2 Å². The van der Waals surface area contributed by atoms with E-state index in [9.17, 15) is 9.59 Å². The number of hydrogen-bond donors (Lipinski definition) is 1. The van der Waals surface area contributed by atoms with Gasteiger partial charge in [-0.05, 0) is 30.3 Å². The quantitative estimate of drug-likeness (QED) is 0.814. The monoisotopic (exact) mass is 426 g/mol. The molecule has 6 nitrogen and oxygen atoms in total. The number of halogens is 3. The second-order valence-corrected chi connectivity index (χ2v) is 7.23. The van der Waals surface area contributed by atoms with E-state index in [0.717, 1.165) is 5.82 Å². The van der Waals surface area contributed by atoms with Gasteiger partial charge in [0.05, 0.1) is 22.2 Å². The van der Waals surface area contributed by atoms with Crippen LogP contribution in [0.25, 0.3) is 0 Å². The molecule has 142 valence electrons. The fourth-order valence-electron chi connectivity index (χ4n) is 2.81. The molecular weight excluding hydrogens is 411 g/mol.